The SMILES string of the molecule is CCNC(C)(C#N)CC(C)Oc1cc([N+](=O)[O-])ccc1Br. The molecule has 0 saturated heterocycles. The van der Waals surface area contributed by atoms with Crippen molar-refractivity contribution >= 4 is 21.6 Å². The molecule has 6 nitrogen and oxygen atoms in total. The molecule has 0 heterocycles. The third-order valence-electron chi connectivity index (χ3n) is 2.96. The standard InChI is InChI=1S/C14H18BrN3O3/c1-4-17-14(3,9-16)8-10(2)21-13-7-11(18(19)20)5-6-12(13)15/h5-7,10,17H,4,8H2,1-3H3. The Bertz CT molecular complexity index is 559. The van der Waals surface area contributed by atoms with Crippen molar-refractivity contribution in [1.29, 1.82) is 5.26 Å². The fraction of sp³-hybridized carbons (Fsp3) is 0.500. The van der Waals surface area contributed by atoms with Gasteiger partial charge in [0.15, 0.2) is 0 Å². The van der Waals surface area contributed by atoms with Gasteiger partial charge in [-0.3, -0.25) is 15.4 Å². The summed E-state index contributed by atoms with van der Waals surface area (Å²) >= 11 is 3.31. The van der Waals surface area contributed by atoms with Gasteiger partial charge in [0.1, 0.15) is 11.3 Å². The summed E-state index contributed by atoms with van der Waals surface area (Å²) in [6.45, 7) is 6.24. The molecular formula is C14H18BrN3O3. The zero-order valence-corrected chi connectivity index (χ0v) is 13.8. The maximum Gasteiger partial charge on any atom is 0.273 e. The number of hydrogen-bond acceptors (Lipinski definition) is 5. The molecule has 2 atom stereocenters. The Morgan fingerprint density at radius 3 is 2.81 bits per heavy atom. The number of nitrogens with zero attached hydrogens (tertiary/aromatic N) is 2. The van der Waals surface area contributed by atoms with Crippen molar-refractivity contribution in [3.05, 3.63) is 32.8 Å². The van der Waals surface area contributed by atoms with Crippen LogP contribution in [-0.2, 0) is 0 Å². The second-order valence-corrected chi connectivity index (χ2v) is 5.83. The van der Waals surface area contributed by atoms with Crippen molar-refractivity contribution < 1.29 is 9.66 Å². The third-order valence-corrected chi connectivity index (χ3v) is 3.62. The summed E-state index contributed by atoms with van der Waals surface area (Å²) in [6.07, 6.45) is 0.193. The van der Waals surface area contributed by atoms with Crippen molar-refractivity contribution in [2.24, 2.45) is 0 Å². The highest BCUT2D eigenvalue weighted by Crippen LogP contribution is 2.31. The first-order valence-corrected chi connectivity index (χ1v) is 7.37. The van der Waals surface area contributed by atoms with Gasteiger partial charge in [-0.1, -0.05) is 6.92 Å². The molecule has 1 aromatic carbocycles. The lowest BCUT2D eigenvalue weighted by molar-refractivity contribution is -0.385. The highest BCUT2D eigenvalue weighted by atomic mass is 79.9. The summed E-state index contributed by atoms with van der Waals surface area (Å²) in [5.74, 6) is 0.397. The Morgan fingerprint density at radius 1 is 1.62 bits per heavy atom. The minimum atomic E-state index is -0.693. The number of nitrogens with one attached hydrogen (secondary N) is 1. The van der Waals surface area contributed by atoms with E-state index in [1.54, 1.807) is 13.0 Å². The summed E-state index contributed by atoms with van der Waals surface area (Å²) in [4.78, 5) is 10.3. The number of nitro groups is 1. The van der Waals surface area contributed by atoms with E-state index >= 15 is 0 Å². The molecule has 21 heavy (non-hydrogen) atoms. The second-order valence-electron chi connectivity index (χ2n) is 4.98. The lowest BCUT2D eigenvalue weighted by Crippen LogP contribution is -2.44. The number of ether oxygens (including phenoxy) is 1. The third kappa shape index (κ3) is 4.99. The van der Waals surface area contributed by atoms with Gasteiger partial charge < -0.3 is 4.74 Å². The van der Waals surface area contributed by atoms with Crippen LogP contribution >= 0.6 is 15.9 Å². The molecule has 0 saturated carbocycles. The van der Waals surface area contributed by atoms with E-state index in [9.17, 15) is 15.4 Å². The molecule has 0 aromatic heterocycles. The quantitative estimate of drug-likeness (QED) is 0.597. The molecule has 0 fully saturated rings. The summed E-state index contributed by atoms with van der Waals surface area (Å²) in [5.41, 5.74) is -0.725. The van der Waals surface area contributed by atoms with Crippen LogP contribution in [0, 0.1) is 21.4 Å². The Morgan fingerprint density at radius 2 is 2.29 bits per heavy atom. The second kappa shape index (κ2) is 7.38. The average Bonchev–Trinajstić information content (AvgIpc) is 2.41. The van der Waals surface area contributed by atoms with Gasteiger partial charge in [-0.25, -0.2) is 0 Å². The minimum Gasteiger partial charge on any atom is -0.489 e. The van der Waals surface area contributed by atoms with Crippen LogP contribution in [0.2, 0.25) is 0 Å². The fourth-order valence-electron chi connectivity index (χ4n) is 2.08. The Balaban J connectivity index is 2.84. The van der Waals surface area contributed by atoms with Crippen LogP contribution in [0.15, 0.2) is 22.7 Å². The van der Waals surface area contributed by atoms with Gasteiger partial charge >= 0.3 is 0 Å². The van der Waals surface area contributed by atoms with Crippen molar-refractivity contribution in [3.8, 4) is 11.8 Å². The number of nitriles is 1. The number of nitro benzene ring substituents is 1. The molecule has 1 rings (SSSR count). The molecule has 0 radical (unpaired) electrons. The molecule has 7 heteroatoms. The Labute approximate surface area is 132 Å². The van der Waals surface area contributed by atoms with Gasteiger partial charge in [0.25, 0.3) is 5.69 Å². The molecule has 1 N–H and O–H groups in total. The van der Waals surface area contributed by atoms with Gasteiger partial charge in [0.2, 0.25) is 0 Å². The van der Waals surface area contributed by atoms with E-state index in [4.69, 9.17) is 4.74 Å². The van der Waals surface area contributed by atoms with Crippen molar-refractivity contribution in [2.45, 2.75) is 38.8 Å². The summed E-state index contributed by atoms with van der Waals surface area (Å²) in [7, 11) is 0. The van der Waals surface area contributed by atoms with E-state index in [2.05, 4.69) is 27.3 Å². The smallest absolute Gasteiger partial charge is 0.273 e. The topological polar surface area (TPSA) is 88.2 Å². The van der Waals surface area contributed by atoms with E-state index in [0.717, 1.165) is 0 Å². The number of non-ortho nitro benzene ring substituents is 1. The van der Waals surface area contributed by atoms with Crippen LogP contribution in [0.1, 0.15) is 27.2 Å². The number of hydrogen-bond donors (Lipinski definition) is 1. The van der Waals surface area contributed by atoms with Crippen molar-refractivity contribution in [3.63, 3.8) is 0 Å². The first-order chi connectivity index (χ1) is 9.81. The molecule has 0 aliphatic heterocycles. The summed E-state index contributed by atoms with van der Waals surface area (Å²) in [5, 5.41) is 23.1. The average molecular weight is 356 g/mol. The van der Waals surface area contributed by atoms with E-state index in [0.29, 0.717) is 23.2 Å². The maximum absolute atomic E-state index is 10.8. The lowest BCUT2D eigenvalue weighted by Gasteiger charge is -2.26. The predicted octanol–water partition coefficient (Wildman–Crippen LogP) is 3.41. The molecule has 114 valence electrons. The predicted molar refractivity (Wildman–Crippen MR) is 83.2 cm³/mol. The molecule has 0 aliphatic carbocycles. The van der Waals surface area contributed by atoms with Crippen LogP contribution < -0.4 is 10.1 Å². The van der Waals surface area contributed by atoms with Gasteiger partial charge in [0.05, 0.1) is 27.6 Å². The highest BCUT2D eigenvalue weighted by molar-refractivity contribution is 9.10. The molecule has 0 aliphatic rings. The molecular weight excluding hydrogens is 338 g/mol. The van der Waals surface area contributed by atoms with Gasteiger partial charge in [-0.05, 0) is 42.4 Å². The summed E-state index contributed by atoms with van der Waals surface area (Å²) in [6, 6.07) is 6.58. The zero-order valence-electron chi connectivity index (χ0n) is 12.2. The molecule has 0 spiro atoms. The fourth-order valence-corrected chi connectivity index (χ4v) is 2.42. The van der Waals surface area contributed by atoms with Gasteiger partial charge in [-0.15, -0.1) is 0 Å². The minimum absolute atomic E-state index is 0.0323. The van der Waals surface area contributed by atoms with Crippen LogP contribution in [0.4, 0.5) is 5.69 Å². The molecule has 0 amide bonds. The van der Waals surface area contributed by atoms with Crippen LogP contribution in [-0.4, -0.2) is 23.1 Å². The normalized spacial score (nSPS) is 14.8. The van der Waals surface area contributed by atoms with Crippen molar-refractivity contribution in [2.75, 3.05) is 6.54 Å². The van der Waals surface area contributed by atoms with E-state index in [1.807, 2.05) is 13.8 Å². The molecule has 0 bridgehead atoms. The van der Waals surface area contributed by atoms with E-state index in [-0.39, 0.29) is 11.8 Å². The first kappa shape index (κ1) is 17.4. The molecule has 2 unspecified atom stereocenters. The Hall–Kier alpha value is -1.65. The van der Waals surface area contributed by atoms with E-state index < -0.39 is 10.5 Å². The molecule has 1 aromatic rings. The van der Waals surface area contributed by atoms with Gasteiger partial charge in [-0.2, -0.15) is 5.26 Å². The van der Waals surface area contributed by atoms with Crippen molar-refractivity contribution in [1.82, 2.24) is 5.32 Å². The number of halogens is 1. The van der Waals surface area contributed by atoms with Crippen LogP contribution in [0.25, 0.3) is 0 Å². The van der Waals surface area contributed by atoms with E-state index in [1.165, 1.54) is 12.1 Å². The largest absolute Gasteiger partial charge is 0.489 e. The Kier molecular flexibility index (Phi) is 6.12. The zero-order chi connectivity index (χ0) is 16.0. The number of benzene rings is 1. The van der Waals surface area contributed by atoms with Crippen LogP contribution in [0.3, 0.4) is 0 Å². The van der Waals surface area contributed by atoms with Gasteiger partial charge in [0, 0.05) is 12.5 Å². The maximum atomic E-state index is 10.8. The monoisotopic (exact) mass is 355 g/mol. The number of rotatable bonds is 7. The highest BCUT2D eigenvalue weighted by Gasteiger charge is 2.26. The lowest BCUT2D eigenvalue weighted by atomic mass is 9.96. The summed E-state index contributed by atoms with van der Waals surface area (Å²) < 4.78 is 6.38. The first-order valence-electron chi connectivity index (χ1n) is 6.58. The van der Waals surface area contributed by atoms with Crippen LogP contribution in [0.5, 0.6) is 5.75 Å².